The fraction of sp³-hybridized carbons (Fsp3) is 0.467. The molecule has 0 aliphatic heterocycles. The summed E-state index contributed by atoms with van der Waals surface area (Å²) in [5, 5.41) is 11.8. The van der Waals surface area contributed by atoms with E-state index >= 15 is 0 Å². The van der Waals surface area contributed by atoms with E-state index in [1.54, 1.807) is 6.07 Å². The van der Waals surface area contributed by atoms with Crippen LogP contribution in [0.5, 0.6) is 0 Å². The molecule has 20 heavy (non-hydrogen) atoms. The van der Waals surface area contributed by atoms with E-state index in [0.29, 0.717) is 30.2 Å². The molecular weight excluding hydrogens is 258 g/mol. The lowest BCUT2D eigenvalue weighted by atomic mass is 10.0. The standard InChI is InChI=1S/C15H21NO4/c1-4-10(2)5-14(17)16-13-7-11(9-20-3)6-12(8-13)15(18)19/h6-8,10H,4-5,9H2,1-3H3,(H,16,17)(H,18,19). The van der Waals surface area contributed by atoms with Gasteiger partial charge in [0.25, 0.3) is 0 Å². The maximum Gasteiger partial charge on any atom is 0.335 e. The zero-order valence-corrected chi connectivity index (χ0v) is 12.1. The Balaban J connectivity index is 2.87. The van der Waals surface area contributed by atoms with E-state index in [-0.39, 0.29) is 11.5 Å². The van der Waals surface area contributed by atoms with Crippen LogP contribution in [0.25, 0.3) is 0 Å². The van der Waals surface area contributed by atoms with Crippen LogP contribution in [0.15, 0.2) is 18.2 Å². The molecule has 1 rings (SSSR count). The molecule has 0 aliphatic carbocycles. The highest BCUT2D eigenvalue weighted by molar-refractivity contribution is 5.94. The molecule has 0 radical (unpaired) electrons. The molecule has 0 saturated carbocycles. The quantitative estimate of drug-likeness (QED) is 0.804. The van der Waals surface area contributed by atoms with E-state index in [2.05, 4.69) is 5.32 Å². The third kappa shape index (κ3) is 5.01. The van der Waals surface area contributed by atoms with Gasteiger partial charge in [-0.05, 0) is 29.7 Å². The molecule has 5 nitrogen and oxygen atoms in total. The lowest BCUT2D eigenvalue weighted by Gasteiger charge is -2.11. The molecule has 2 N–H and O–H groups in total. The van der Waals surface area contributed by atoms with Gasteiger partial charge in [-0.25, -0.2) is 4.79 Å². The minimum Gasteiger partial charge on any atom is -0.478 e. The summed E-state index contributed by atoms with van der Waals surface area (Å²) in [4.78, 5) is 22.9. The predicted molar refractivity (Wildman–Crippen MR) is 76.8 cm³/mol. The van der Waals surface area contributed by atoms with Crippen LogP contribution < -0.4 is 5.32 Å². The molecule has 1 aromatic carbocycles. The number of carbonyl (C=O) groups excluding carboxylic acids is 1. The number of methoxy groups -OCH3 is 1. The molecule has 110 valence electrons. The van der Waals surface area contributed by atoms with Crippen LogP contribution in [0.3, 0.4) is 0 Å². The lowest BCUT2D eigenvalue weighted by Crippen LogP contribution is -2.15. The summed E-state index contributed by atoms with van der Waals surface area (Å²) >= 11 is 0. The summed E-state index contributed by atoms with van der Waals surface area (Å²) in [6.45, 7) is 4.33. The maximum absolute atomic E-state index is 11.8. The molecule has 0 bridgehead atoms. The van der Waals surface area contributed by atoms with E-state index in [4.69, 9.17) is 9.84 Å². The summed E-state index contributed by atoms with van der Waals surface area (Å²) in [7, 11) is 1.54. The number of carboxylic acid groups (broad SMARTS) is 1. The van der Waals surface area contributed by atoms with Gasteiger partial charge >= 0.3 is 5.97 Å². The second-order valence-electron chi connectivity index (χ2n) is 4.92. The molecule has 0 aliphatic rings. The Morgan fingerprint density at radius 3 is 2.60 bits per heavy atom. The molecule has 0 aromatic heterocycles. The summed E-state index contributed by atoms with van der Waals surface area (Å²) in [6.07, 6.45) is 1.35. The van der Waals surface area contributed by atoms with Crippen molar-refractivity contribution in [2.24, 2.45) is 5.92 Å². The van der Waals surface area contributed by atoms with Crippen LogP contribution in [0.4, 0.5) is 5.69 Å². The number of nitrogens with one attached hydrogen (secondary N) is 1. The Morgan fingerprint density at radius 2 is 2.05 bits per heavy atom. The minimum atomic E-state index is -1.03. The Kier molecular flexibility index (Phi) is 6.18. The molecule has 1 aromatic rings. The van der Waals surface area contributed by atoms with Crippen LogP contribution in [-0.2, 0) is 16.1 Å². The van der Waals surface area contributed by atoms with Gasteiger partial charge in [0.1, 0.15) is 0 Å². The molecule has 1 amide bonds. The zero-order valence-electron chi connectivity index (χ0n) is 12.1. The van der Waals surface area contributed by atoms with Crippen LogP contribution in [-0.4, -0.2) is 24.1 Å². The second-order valence-corrected chi connectivity index (χ2v) is 4.92. The number of ether oxygens (including phenoxy) is 1. The molecular formula is C15H21NO4. The van der Waals surface area contributed by atoms with Gasteiger partial charge < -0.3 is 15.2 Å². The third-order valence-corrected chi connectivity index (χ3v) is 3.07. The number of carbonyl (C=O) groups is 2. The van der Waals surface area contributed by atoms with Crippen molar-refractivity contribution in [1.29, 1.82) is 0 Å². The Labute approximate surface area is 118 Å². The van der Waals surface area contributed by atoms with E-state index in [0.717, 1.165) is 6.42 Å². The van der Waals surface area contributed by atoms with Crippen molar-refractivity contribution in [2.75, 3.05) is 12.4 Å². The normalized spacial score (nSPS) is 11.9. The van der Waals surface area contributed by atoms with Gasteiger partial charge in [0, 0.05) is 19.2 Å². The highest BCUT2D eigenvalue weighted by Gasteiger charge is 2.11. The van der Waals surface area contributed by atoms with E-state index in [1.807, 2.05) is 13.8 Å². The van der Waals surface area contributed by atoms with Gasteiger partial charge in [-0.3, -0.25) is 4.79 Å². The number of hydrogen-bond acceptors (Lipinski definition) is 3. The van der Waals surface area contributed by atoms with Crippen molar-refractivity contribution in [3.63, 3.8) is 0 Å². The van der Waals surface area contributed by atoms with Gasteiger partial charge in [0.15, 0.2) is 0 Å². The molecule has 1 atom stereocenters. The van der Waals surface area contributed by atoms with Crippen molar-refractivity contribution in [2.45, 2.75) is 33.3 Å². The molecule has 0 saturated heterocycles. The number of anilines is 1. The predicted octanol–water partition coefficient (Wildman–Crippen LogP) is 2.91. The van der Waals surface area contributed by atoms with Gasteiger partial charge in [-0.15, -0.1) is 0 Å². The van der Waals surface area contributed by atoms with E-state index < -0.39 is 5.97 Å². The van der Waals surface area contributed by atoms with Crippen molar-refractivity contribution < 1.29 is 19.4 Å². The first-order chi connectivity index (χ1) is 9.46. The summed E-state index contributed by atoms with van der Waals surface area (Å²) in [5.74, 6) is -0.832. The van der Waals surface area contributed by atoms with Gasteiger partial charge in [-0.2, -0.15) is 0 Å². The highest BCUT2D eigenvalue weighted by Crippen LogP contribution is 2.17. The number of hydrogen-bond donors (Lipinski definition) is 2. The number of benzene rings is 1. The topological polar surface area (TPSA) is 75.6 Å². The third-order valence-electron chi connectivity index (χ3n) is 3.07. The second kappa shape index (κ2) is 7.65. The average molecular weight is 279 g/mol. The first-order valence-electron chi connectivity index (χ1n) is 6.62. The van der Waals surface area contributed by atoms with Crippen molar-refractivity contribution in [3.05, 3.63) is 29.3 Å². The molecule has 1 unspecified atom stereocenters. The largest absolute Gasteiger partial charge is 0.478 e. The summed E-state index contributed by atoms with van der Waals surface area (Å²) in [6, 6.07) is 4.72. The number of aromatic carboxylic acids is 1. The Bertz CT molecular complexity index is 485. The summed E-state index contributed by atoms with van der Waals surface area (Å²) < 4.78 is 5.00. The van der Waals surface area contributed by atoms with Crippen molar-refractivity contribution in [1.82, 2.24) is 0 Å². The van der Waals surface area contributed by atoms with Crippen molar-refractivity contribution >= 4 is 17.6 Å². The maximum atomic E-state index is 11.8. The average Bonchev–Trinajstić information content (AvgIpc) is 2.38. The smallest absolute Gasteiger partial charge is 0.335 e. The first-order valence-corrected chi connectivity index (χ1v) is 6.62. The Morgan fingerprint density at radius 1 is 1.35 bits per heavy atom. The molecule has 0 fully saturated rings. The number of rotatable bonds is 7. The molecule has 5 heteroatoms. The zero-order chi connectivity index (χ0) is 15.1. The van der Waals surface area contributed by atoms with Crippen LogP contribution in [0.2, 0.25) is 0 Å². The van der Waals surface area contributed by atoms with Crippen LogP contribution in [0.1, 0.15) is 42.6 Å². The minimum absolute atomic E-state index is 0.106. The van der Waals surface area contributed by atoms with E-state index in [1.165, 1.54) is 19.2 Å². The number of amides is 1. The van der Waals surface area contributed by atoms with Crippen LogP contribution in [0, 0.1) is 5.92 Å². The fourth-order valence-electron chi connectivity index (χ4n) is 1.81. The first kappa shape index (κ1) is 16.2. The van der Waals surface area contributed by atoms with Crippen molar-refractivity contribution in [3.8, 4) is 0 Å². The fourth-order valence-corrected chi connectivity index (χ4v) is 1.81. The van der Waals surface area contributed by atoms with Gasteiger partial charge in [0.05, 0.1) is 12.2 Å². The summed E-state index contributed by atoms with van der Waals surface area (Å²) in [5.41, 5.74) is 1.34. The van der Waals surface area contributed by atoms with Crippen LogP contribution >= 0.6 is 0 Å². The van der Waals surface area contributed by atoms with Gasteiger partial charge in [-0.1, -0.05) is 20.3 Å². The lowest BCUT2D eigenvalue weighted by molar-refractivity contribution is -0.117. The highest BCUT2D eigenvalue weighted by atomic mass is 16.5. The molecule has 0 spiro atoms. The molecule has 0 heterocycles. The monoisotopic (exact) mass is 279 g/mol. The van der Waals surface area contributed by atoms with Gasteiger partial charge in [0.2, 0.25) is 5.91 Å². The van der Waals surface area contributed by atoms with E-state index in [9.17, 15) is 9.59 Å². The Hall–Kier alpha value is -1.88. The SMILES string of the molecule is CCC(C)CC(=O)Nc1cc(COC)cc(C(=O)O)c1. The number of carboxylic acids is 1.